The molecule has 0 atom stereocenters. The molecule has 0 aromatic carbocycles. The molecule has 0 aliphatic heterocycles. The normalized spacial score (nSPS) is 8.62. The quantitative estimate of drug-likeness (QED) is 0.668. The Bertz CT molecular complexity index is 217. The molecule has 0 radical (unpaired) electrons. The summed E-state index contributed by atoms with van der Waals surface area (Å²) in [6.45, 7) is 14.3. The predicted molar refractivity (Wildman–Crippen MR) is 57.6 cm³/mol. The average molecular weight is 182 g/mol. The van der Waals surface area contributed by atoms with E-state index < -0.39 is 0 Å². The van der Waals surface area contributed by atoms with Crippen molar-refractivity contribution in [3.05, 3.63) is 24.6 Å². The predicted octanol–water partition coefficient (Wildman–Crippen LogP) is 2.27. The molecule has 13 heavy (non-hydrogen) atoms. The second kappa shape index (κ2) is 8.71. The van der Waals surface area contributed by atoms with Gasteiger partial charge in [0.05, 0.1) is 0 Å². The summed E-state index contributed by atoms with van der Waals surface area (Å²) >= 11 is 0. The first-order chi connectivity index (χ1) is 6.02. The SMILES string of the molecule is C=C(C)/C=N\C(=C)NC(C)=O.CC. The summed E-state index contributed by atoms with van der Waals surface area (Å²) < 4.78 is 0. The molecule has 0 saturated heterocycles. The van der Waals surface area contributed by atoms with Crippen LogP contribution in [-0.2, 0) is 4.79 Å². The number of rotatable bonds is 3. The Kier molecular flexibility index (Phi) is 9.49. The van der Waals surface area contributed by atoms with Crippen molar-refractivity contribution in [2.75, 3.05) is 0 Å². The van der Waals surface area contributed by atoms with E-state index in [9.17, 15) is 4.79 Å². The summed E-state index contributed by atoms with van der Waals surface area (Å²) in [5, 5.41) is 2.43. The summed E-state index contributed by atoms with van der Waals surface area (Å²) in [5.74, 6) is 0.161. The number of carbonyl (C=O) groups excluding carboxylic acids is 1. The molecule has 0 saturated carbocycles. The second-order valence-corrected chi connectivity index (χ2v) is 2.23. The van der Waals surface area contributed by atoms with Crippen LogP contribution >= 0.6 is 0 Å². The molecule has 0 aliphatic rings. The van der Waals surface area contributed by atoms with Crippen LogP contribution in [0.25, 0.3) is 0 Å². The van der Waals surface area contributed by atoms with Crippen LogP contribution in [0.2, 0.25) is 0 Å². The molecule has 3 nitrogen and oxygen atoms in total. The number of nitrogens with zero attached hydrogens (tertiary/aromatic N) is 1. The van der Waals surface area contributed by atoms with Crippen LogP contribution in [0, 0.1) is 0 Å². The highest BCUT2D eigenvalue weighted by molar-refractivity contribution is 5.79. The van der Waals surface area contributed by atoms with E-state index in [2.05, 4.69) is 23.5 Å². The number of nitrogens with one attached hydrogen (secondary N) is 1. The van der Waals surface area contributed by atoms with Gasteiger partial charge in [0, 0.05) is 13.1 Å². The largest absolute Gasteiger partial charge is 0.311 e. The molecule has 0 spiro atoms. The molecule has 0 aromatic rings. The van der Waals surface area contributed by atoms with Gasteiger partial charge in [-0.25, -0.2) is 4.99 Å². The van der Waals surface area contributed by atoms with Gasteiger partial charge in [-0.15, -0.1) is 0 Å². The van der Waals surface area contributed by atoms with E-state index in [1.165, 1.54) is 13.1 Å². The zero-order chi connectivity index (χ0) is 10.9. The minimum Gasteiger partial charge on any atom is -0.311 e. The standard InChI is InChI=1S/C8H12N2O.C2H6/c1-6(2)5-9-7(3)10-8(4)11;1-2/h5H,1,3H2,2,4H3,(H,10,11);1-2H3/b9-5-;. The van der Waals surface area contributed by atoms with Crippen molar-refractivity contribution >= 4 is 12.1 Å². The van der Waals surface area contributed by atoms with Gasteiger partial charge < -0.3 is 5.32 Å². The zero-order valence-electron chi connectivity index (χ0n) is 8.85. The van der Waals surface area contributed by atoms with Crippen LogP contribution in [0.1, 0.15) is 27.7 Å². The summed E-state index contributed by atoms with van der Waals surface area (Å²) in [7, 11) is 0. The Balaban J connectivity index is 0. The number of allylic oxidation sites excluding steroid dienone is 1. The van der Waals surface area contributed by atoms with Crippen LogP contribution in [0.4, 0.5) is 0 Å². The van der Waals surface area contributed by atoms with Crippen LogP contribution in [0.5, 0.6) is 0 Å². The van der Waals surface area contributed by atoms with Gasteiger partial charge in [0.1, 0.15) is 5.82 Å². The van der Waals surface area contributed by atoms with Crippen molar-refractivity contribution in [2.24, 2.45) is 4.99 Å². The summed E-state index contributed by atoms with van der Waals surface area (Å²) in [6, 6.07) is 0. The molecule has 0 unspecified atom stereocenters. The van der Waals surface area contributed by atoms with Crippen LogP contribution < -0.4 is 5.32 Å². The minimum atomic E-state index is -0.172. The first kappa shape index (κ1) is 14.2. The van der Waals surface area contributed by atoms with Gasteiger partial charge >= 0.3 is 0 Å². The van der Waals surface area contributed by atoms with E-state index in [4.69, 9.17) is 0 Å². The highest BCUT2D eigenvalue weighted by atomic mass is 16.1. The second-order valence-electron chi connectivity index (χ2n) is 2.23. The Morgan fingerprint density at radius 3 is 2.08 bits per heavy atom. The molecule has 0 heterocycles. The smallest absolute Gasteiger partial charge is 0.222 e. The molecular weight excluding hydrogens is 164 g/mol. The lowest BCUT2D eigenvalue weighted by Crippen LogP contribution is -2.16. The first-order valence-electron chi connectivity index (χ1n) is 4.18. The maximum atomic E-state index is 10.4. The van der Waals surface area contributed by atoms with Gasteiger partial charge in [0.25, 0.3) is 0 Å². The lowest BCUT2D eigenvalue weighted by atomic mass is 10.4. The van der Waals surface area contributed by atoms with E-state index >= 15 is 0 Å². The monoisotopic (exact) mass is 182 g/mol. The van der Waals surface area contributed by atoms with Crippen LogP contribution in [0.3, 0.4) is 0 Å². The van der Waals surface area contributed by atoms with Crippen LogP contribution in [-0.4, -0.2) is 12.1 Å². The fourth-order valence-corrected chi connectivity index (χ4v) is 0.424. The number of carbonyl (C=O) groups is 1. The van der Waals surface area contributed by atoms with Crippen LogP contribution in [0.15, 0.2) is 29.5 Å². The van der Waals surface area contributed by atoms with E-state index in [1.807, 2.05) is 20.8 Å². The Morgan fingerprint density at radius 2 is 1.77 bits per heavy atom. The molecule has 0 bridgehead atoms. The molecular formula is C10H18N2O. The van der Waals surface area contributed by atoms with Gasteiger partial charge in [-0.05, 0) is 12.5 Å². The fourth-order valence-electron chi connectivity index (χ4n) is 0.424. The van der Waals surface area contributed by atoms with Crippen molar-refractivity contribution < 1.29 is 4.79 Å². The molecule has 74 valence electrons. The van der Waals surface area contributed by atoms with Gasteiger partial charge in [0.2, 0.25) is 5.91 Å². The van der Waals surface area contributed by atoms with E-state index in [-0.39, 0.29) is 5.91 Å². The Labute approximate surface area is 80.3 Å². The number of amides is 1. The molecule has 3 heteroatoms. The van der Waals surface area contributed by atoms with Gasteiger partial charge in [-0.1, -0.05) is 27.0 Å². The molecule has 1 amide bonds. The fraction of sp³-hybridized carbons (Fsp3) is 0.400. The average Bonchev–Trinajstić information content (AvgIpc) is 2.03. The highest BCUT2D eigenvalue weighted by Gasteiger charge is 1.90. The molecule has 0 aromatic heterocycles. The van der Waals surface area contributed by atoms with Crippen molar-refractivity contribution in [2.45, 2.75) is 27.7 Å². The van der Waals surface area contributed by atoms with E-state index in [0.717, 1.165) is 5.57 Å². The summed E-state index contributed by atoms with van der Waals surface area (Å²) in [5.41, 5.74) is 0.816. The topological polar surface area (TPSA) is 41.5 Å². The lowest BCUT2D eigenvalue weighted by Gasteiger charge is -1.97. The van der Waals surface area contributed by atoms with Crippen molar-refractivity contribution in [3.63, 3.8) is 0 Å². The molecule has 0 rings (SSSR count). The zero-order valence-corrected chi connectivity index (χ0v) is 8.85. The Morgan fingerprint density at radius 1 is 1.31 bits per heavy atom. The third kappa shape index (κ3) is 13.6. The van der Waals surface area contributed by atoms with E-state index in [1.54, 1.807) is 0 Å². The number of hydrogen-bond donors (Lipinski definition) is 1. The third-order valence-electron chi connectivity index (χ3n) is 0.761. The molecule has 0 fully saturated rings. The highest BCUT2D eigenvalue weighted by Crippen LogP contribution is 1.87. The minimum absolute atomic E-state index is 0.172. The maximum absolute atomic E-state index is 10.4. The number of hydrogen-bond acceptors (Lipinski definition) is 2. The maximum Gasteiger partial charge on any atom is 0.222 e. The Hall–Kier alpha value is -1.38. The van der Waals surface area contributed by atoms with E-state index in [0.29, 0.717) is 5.82 Å². The van der Waals surface area contributed by atoms with Gasteiger partial charge in [0.15, 0.2) is 0 Å². The number of aliphatic imine (C=N–C) groups is 1. The summed E-state index contributed by atoms with van der Waals surface area (Å²) in [4.78, 5) is 14.2. The molecule has 0 aliphatic carbocycles. The van der Waals surface area contributed by atoms with Gasteiger partial charge in [-0.3, -0.25) is 4.79 Å². The van der Waals surface area contributed by atoms with Crippen molar-refractivity contribution in [3.8, 4) is 0 Å². The summed E-state index contributed by atoms with van der Waals surface area (Å²) in [6.07, 6.45) is 1.54. The third-order valence-corrected chi connectivity index (χ3v) is 0.761. The van der Waals surface area contributed by atoms with Gasteiger partial charge in [-0.2, -0.15) is 0 Å². The molecule has 1 N–H and O–H groups in total. The lowest BCUT2D eigenvalue weighted by molar-refractivity contribution is -0.118. The van der Waals surface area contributed by atoms with Crippen molar-refractivity contribution in [1.82, 2.24) is 5.32 Å². The first-order valence-corrected chi connectivity index (χ1v) is 4.18. The van der Waals surface area contributed by atoms with Crippen molar-refractivity contribution in [1.29, 1.82) is 0 Å².